The van der Waals surface area contributed by atoms with Gasteiger partial charge >= 0.3 is 19.1 Å². The predicted molar refractivity (Wildman–Crippen MR) is 63.9 cm³/mol. The van der Waals surface area contributed by atoms with Crippen LogP contribution >= 0.6 is 7.60 Å². The monoisotopic (exact) mass is 284 g/mol. The molecule has 0 spiro atoms. The van der Waals surface area contributed by atoms with Crippen molar-refractivity contribution in [3.63, 3.8) is 0 Å². The Kier molecular flexibility index (Phi) is 7.02. The second-order valence-electron chi connectivity index (χ2n) is 4.18. The molecule has 7 nitrogen and oxygen atoms in total. The Morgan fingerprint density at radius 1 is 1.39 bits per heavy atom. The number of ether oxygens (including phenoxy) is 1. The molecule has 0 bridgehead atoms. The Labute approximate surface area is 106 Å². The molecule has 0 aromatic heterocycles. The molecule has 8 heteroatoms. The Bertz CT molecular complexity index is 313. The SMILES string of the molecule is CCCCC(CC)COC(O)(C(=O)O)P(=O)(O)O. The van der Waals surface area contributed by atoms with Gasteiger partial charge < -0.3 is 24.7 Å². The Hall–Kier alpha value is -0.460. The standard InChI is InChI=1S/C10H21O7P/c1-3-5-6-8(4-2)7-17-10(13,9(11)12)18(14,15)16/h8,13H,3-7H2,1-2H3,(H,11,12)(H2,14,15,16). The van der Waals surface area contributed by atoms with E-state index >= 15 is 0 Å². The van der Waals surface area contributed by atoms with Gasteiger partial charge in [-0.15, -0.1) is 0 Å². The van der Waals surface area contributed by atoms with Gasteiger partial charge in [0, 0.05) is 0 Å². The fraction of sp³-hybridized carbons (Fsp3) is 0.900. The Balaban J connectivity index is 4.63. The molecule has 0 aromatic carbocycles. The van der Waals surface area contributed by atoms with Crippen LogP contribution in [-0.4, -0.2) is 38.1 Å². The molecule has 0 radical (unpaired) electrons. The molecule has 0 aromatic rings. The molecule has 2 atom stereocenters. The van der Waals surface area contributed by atoms with Crippen molar-refractivity contribution in [1.29, 1.82) is 0 Å². The van der Waals surface area contributed by atoms with Crippen molar-refractivity contribution in [2.75, 3.05) is 6.61 Å². The van der Waals surface area contributed by atoms with E-state index < -0.39 is 19.1 Å². The van der Waals surface area contributed by atoms with Crippen molar-refractivity contribution in [3.8, 4) is 0 Å². The van der Waals surface area contributed by atoms with Gasteiger partial charge in [0.1, 0.15) is 0 Å². The van der Waals surface area contributed by atoms with Crippen LogP contribution in [0.15, 0.2) is 0 Å². The number of hydrogen-bond acceptors (Lipinski definition) is 4. The first-order chi connectivity index (χ1) is 8.19. The van der Waals surface area contributed by atoms with Crippen LogP contribution in [0.2, 0.25) is 0 Å². The highest BCUT2D eigenvalue weighted by atomic mass is 31.2. The van der Waals surface area contributed by atoms with E-state index in [2.05, 4.69) is 4.74 Å². The quantitative estimate of drug-likeness (QED) is 0.369. The third kappa shape index (κ3) is 4.66. The minimum atomic E-state index is -5.30. The van der Waals surface area contributed by atoms with Gasteiger partial charge in [0.2, 0.25) is 0 Å². The summed E-state index contributed by atoms with van der Waals surface area (Å²) in [5.74, 6) is -2.12. The second kappa shape index (κ2) is 7.21. The van der Waals surface area contributed by atoms with E-state index in [0.29, 0.717) is 6.42 Å². The molecule has 0 saturated heterocycles. The Morgan fingerprint density at radius 3 is 2.28 bits per heavy atom. The van der Waals surface area contributed by atoms with Crippen LogP contribution in [0.25, 0.3) is 0 Å². The minimum Gasteiger partial charge on any atom is -0.477 e. The van der Waals surface area contributed by atoms with Gasteiger partial charge in [-0.25, -0.2) is 4.79 Å². The second-order valence-corrected chi connectivity index (χ2v) is 5.88. The molecule has 0 saturated carbocycles. The summed E-state index contributed by atoms with van der Waals surface area (Å²) < 4.78 is 15.5. The molecule has 0 fully saturated rings. The topological polar surface area (TPSA) is 124 Å². The van der Waals surface area contributed by atoms with E-state index in [-0.39, 0.29) is 12.5 Å². The highest BCUT2D eigenvalue weighted by molar-refractivity contribution is 7.54. The van der Waals surface area contributed by atoms with Crippen LogP contribution in [0, 0.1) is 5.92 Å². The number of hydrogen-bond donors (Lipinski definition) is 4. The van der Waals surface area contributed by atoms with Crippen molar-refractivity contribution in [3.05, 3.63) is 0 Å². The van der Waals surface area contributed by atoms with Gasteiger partial charge in [0.05, 0.1) is 6.61 Å². The molecule has 0 heterocycles. The number of unbranched alkanes of at least 4 members (excludes halogenated alkanes) is 1. The lowest BCUT2D eigenvalue weighted by Gasteiger charge is -2.26. The highest BCUT2D eigenvalue weighted by Crippen LogP contribution is 2.49. The van der Waals surface area contributed by atoms with Crippen LogP contribution < -0.4 is 0 Å². The first-order valence-corrected chi connectivity index (χ1v) is 7.45. The van der Waals surface area contributed by atoms with Gasteiger partial charge in [0.25, 0.3) is 0 Å². The van der Waals surface area contributed by atoms with Gasteiger partial charge in [-0.3, -0.25) is 4.57 Å². The third-order valence-corrected chi connectivity index (χ3v) is 3.85. The fourth-order valence-electron chi connectivity index (χ4n) is 1.40. The smallest absolute Gasteiger partial charge is 0.396 e. The molecular formula is C10H21O7P. The molecular weight excluding hydrogens is 263 g/mol. The molecule has 4 N–H and O–H groups in total. The molecule has 18 heavy (non-hydrogen) atoms. The lowest BCUT2D eigenvalue weighted by Crippen LogP contribution is -2.42. The average Bonchev–Trinajstić information content (AvgIpc) is 2.27. The summed E-state index contributed by atoms with van der Waals surface area (Å²) in [5.41, 5.74) is -3.45. The van der Waals surface area contributed by atoms with Crippen molar-refractivity contribution in [2.24, 2.45) is 5.92 Å². The zero-order chi connectivity index (χ0) is 14.4. The zero-order valence-corrected chi connectivity index (χ0v) is 11.5. The zero-order valence-electron chi connectivity index (χ0n) is 10.6. The summed E-state index contributed by atoms with van der Waals surface area (Å²) in [7, 11) is -5.30. The number of carboxylic acids is 1. The van der Waals surface area contributed by atoms with E-state index in [4.69, 9.17) is 14.9 Å². The van der Waals surface area contributed by atoms with Gasteiger partial charge in [-0.2, -0.15) is 0 Å². The lowest BCUT2D eigenvalue weighted by molar-refractivity contribution is -0.199. The number of rotatable bonds is 9. The number of carbonyl (C=O) groups is 1. The van der Waals surface area contributed by atoms with Gasteiger partial charge in [-0.1, -0.05) is 33.1 Å². The number of aliphatic carboxylic acids is 1. The molecule has 2 unspecified atom stereocenters. The number of carboxylic acid groups (broad SMARTS) is 1. The maximum absolute atomic E-state index is 10.9. The molecule has 0 aliphatic carbocycles. The van der Waals surface area contributed by atoms with E-state index in [1.165, 1.54) is 0 Å². The fourth-order valence-corrected chi connectivity index (χ4v) is 1.89. The van der Waals surface area contributed by atoms with Crippen LogP contribution in [-0.2, 0) is 14.1 Å². The van der Waals surface area contributed by atoms with E-state index in [0.717, 1.165) is 19.3 Å². The van der Waals surface area contributed by atoms with Crippen molar-refractivity contribution in [1.82, 2.24) is 0 Å². The van der Waals surface area contributed by atoms with Crippen LogP contribution in [0.4, 0.5) is 0 Å². The largest absolute Gasteiger partial charge is 0.477 e. The van der Waals surface area contributed by atoms with Crippen LogP contribution in [0.1, 0.15) is 39.5 Å². The Morgan fingerprint density at radius 2 is 1.94 bits per heavy atom. The summed E-state index contributed by atoms with van der Waals surface area (Å²) in [5, 5.41) is 18.1. The van der Waals surface area contributed by atoms with E-state index in [1.54, 1.807) is 0 Å². The van der Waals surface area contributed by atoms with Crippen molar-refractivity contribution in [2.45, 2.75) is 45.1 Å². The molecule has 0 aliphatic heterocycles. The summed E-state index contributed by atoms with van der Waals surface area (Å²) >= 11 is 0. The van der Waals surface area contributed by atoms with Crippen LogP contribution in [0.3, 0.4) is 0 Å². The summed E-state index contributed by atoms with van der Waals surface area (Å²) in [6.07, 6.45) is 3.29. The van der Waals surface area contributed by atoms with Gasteiger partial charge in [0.15, 0.2) is 0 Å². The number of aliphatic hydroxyl groups is 1. The molecule has 0 amide bonds. The van der Waals surface area contributed by atoms with Gasteiger partial charge in [-0.05, 0) is 12.3 Å². The first-order valence-electron chi connectivity index (χ1n) is 5.84. The summed E-state index contributed by atoms with van der Waals surface area (Å²) in [6.45, 7) is 3.65. The first kappa shape index (κ1) is 17.5. The summed E-state index contributed by atoms with van der Waals surface area (Å²) in [4.78, 5) is 28.4. The predicted octanol–water partition coefficient (Wildman–Crippen LogP) is 1.13. The molecule has 0 aliphatic rings. The molecule has 0 rings (SSSR count). The van der Waals surface area contributed by atoms with Crippen molar-refractivity contribution >= 4 is 13.6 Å². The summed E-state index contributed by atoms with van der Waals surface area (Å²) in [6, 6.07) is 0. The normalized spacial score (nSPS) is 17.2. The van der Waals surface area contributed by atoms with E-state index in [1.807, 2.05) is 13.8 Å². The lowest BCUT2D eigenvalue weighted by atomic mass is 10.0. The minimum absolute atomic E-state index is 0.0395. The van der Waals surface area contributed by atoms with Crippen LogP contribution in [0.5, 0.6) is 0 Å². The maximum atomic E-state index is 10.9. The van der Waals surface area contributed by atoms with Crippen molar-refractivity contribution < 1.29 is 34.1 Å². The molecule has 108 valence electrons. The van der Waals surface area contributed by atoms with E-state index in [9.17, 15) is 14.5 Å². The average molecular weight is 284 g/mol. The third-order valence-electron chi connectivity index (χ3n) is 2.74. The maximum Gasteiger partial charge on any atom is 0.396 e. The highest BCUT2D eigenvalue weighted by Gasteiger charge is 2.55.